The van der Waals surface area contributed by atoms with Crippen molar-refractivity contribution in [1.82, 2.24) is 0 Å². The van der Waals surface area contributed by atoms with E-state index in [1.54, 1.807) is 0 Å². The fourth-order valence-corrected chi connectivity index (χ4v) is 3.22. The number of hydrogen-bond donors (Lipinski definition) is 0. The van der Waals surface area contributed by atoms with Crippen LogP contribution in [0.4, 0.5) is 0 Å². The van der Waals surface area contributed by atoms with Crippen molar-refractivity contribution in [3.05, 3.63) is 53.6 Å². The summed E-state index contributed by atoms with van der Waals surface area (Å²) in [4.78, 5) is 0. The first-order chi connectivity index (χ1) is 10.4. The predicted octanol–water partition coefficient (Wildman–Crippen LogP) is 3.78. The van der Waals surface area contributed by atoms with Gasteiger partial charge in [0.15, 0.2) is 0 Å². The van der Waals surface area contributed by atoms with Crippen LogP contribution in [0.3, 0.4) is 0 Å². The largest absolute Gasteiger partial charge is 0.494 e. The van der Waals surface area contributed by atoms with E-state index in [2.05, 4.69) is 26.0 Å². The van der Waals surface area contributed by atoms with E-state index in [0.29, 0.717) is 13.0 Å². The van der Waals surface area contributed by atoms with Gasteiger partial charge in [-0.15, -0.1) is 0 Å². The lowest BCUT2D eigenvalue weighted by Crippen LogP contribution is -2.08. The summed E-state index contributed by atoms with van der Waals surface area (Å²) < 4.78 is 27.9. The normalized spacial score (nSPS) is 11.4. The molecule has 0 N–H and O–H groups in total. The Balaban J connectivity index is 2.10. The minimum absolute atomic E-state index is 0.160. The molecule has 0 aliphatic rings. The molecule has 2 rings (SSSR count). The van der Waals surface area contributed by atoms with Crippen LogP contribution in [0, 0.1) is 13.8 Å². The zero-order valence-electron chi connectivity index (χ0n) is 13.3. The quantitative estimate of drug-likeness (QED) is 0.761. The fourth-order valence-electron chi connectivity index (χ4n) is 2.58. The van der Waals surface area contributed by atoms with Gasteiger partial charge in [-0.1, -0.05) is 30.3 Å². The van der Waals surface area contributed by atoms with Crippen LogP contribution in [0.1, 0.15) is 17.5 Å². The van der Waals surface area contributed by atoms with Gasteiger partial charge in [-0.25, -0.2) is 8.42 Å². The van der Waals surface area contributed by atoms with E-state index in [-0.39, 0.29) is 5.75 Å². The predicted molar refractivity (Wildman–Crippen MR) is 91.2 cm³/mol. The zero-order chi connectivity index (χ0) is 16.2. The summed E-state index contributed by atoms with van der Waals surface area (Å²) >= 11 is 0. The Labute approximate surface area is 132 Å². The van der Waals surface area contributed by atoms with Crippen LogP contribution >= 0.6 is 0 Å². The third kappa shape index (κ3) is 4.60. The minimum Gasteiger partial charge on any atom is -0.494 e. The molecule has 118 valence electrons. The lowest BCUT2D eigenvalue weighted by molar-refractivity contribution is 0.317. The van der Waals surface area contributed by atoms with Crippen LogP contribution in [0.2, 0.25) is 0 Å². The van der Waals surface area contributed by atoms with Crippen molar-refractivity contribution in [3.63, 3.8) is 0 Å². The molecule has 0 atom stereocenters. The monoisotopic (exact) mass is 318 g/mol. The Bertz CT molecular complexity index is 711. The van der Waals surface area contributed by atoms with Crippen molar-refractivity contribution >= 4 is 9.84 Å². The average Bonchev–Trinajstić information content (AvgIpc) is 2.43. The maximum absolute atomic E-state index is 11.1. The van der Waals surface area contributed by atoms with Crippen LogP contribution in [0.25, 0.3) is 11.1 Å². The van der Waals surface area contributed by atoms with E-state index >= 15 is 0 Å². The number of rotatable bonds is 6. The summed E-state index contributed by atoms with van der Waals surface area (Å²) in [5.74, 6) is 0.954. The van der Waals surface area contributed by atoms with Gasteiger partial charge >= 0.3 is 0 Å². The molecule has 4 heteroatoms. The molecule has 0 aliphatic heterocycles. The Morgan fingerprint density at radius 2 is 1.59 bits per heavy atom. The molecule has 0 spiro atoms. The van der Waals surface area contributed by atoms with Gasteiger partial charge < -0.3 is 4.74 Å². The Kier molecular flexibility index (Phi) is 5.24. The van der Waals surface area contributed by atoms with E-state index < -0.39 is 9.84 Å². The molecule has 0 aromatic heterocycles. The second-order valence-electron chi connectivity index (χ2n) is 5.63. The van der Waals surface area contributed by atoms with E-state index in [0.717, 1.165) is 16.9 Å². The topological polar surface area (TPSA) is 43.4 Å². The van der Waals surface area contributed by atoms with Gasteiger partial charge in [0.1, 0.15) is 15.6 Å². The van der Waals surface area contributed by atoms with Crippen molar-refractivity contribution in [2.75, 3.05) is 18.6 Å². The van der Waals surface area contributed by atoms with Crippen LogP contribution in [0.15, 0.2) is 42.5 Å². The third-order valence-electron chi connectivity index (χ3n) is 3.50. The molecule has 0 unspecified atom stereocenters. The van der Waals surface area contributed by atoms with Gasteiger partial charge in [0.05, 0.1) is 12.4 Å². The SMILES string of the molecule is Cc1cc(OCCCS(C)(=O)=O)cc(C)c1-c1ccccc1. The lowest BCUT2D eigenvalue weighted by Gasteiger charge is -2.14. The highest BCUT2D eigenvalue weighted by molar-refractivity contribution is 7.90. The number of ether oxygens (including phenoxy) is 1. The van der Waals surface area contributed by atoms with Gasteiger partial charge in [0.25, 0.3) is 0 Å². The minimum atomic E-state index is -2.92. The second kappa shape index (κ2) is 6.97. The standard InChI is InChI=1S/C18H22O3S/c1-14-12-17(21-10-7-11-22(3,19)20)13-15(2)18(14)16-8-5-4-6-9-16/h4-6,8-9,12-13H,7,10-11H2,1-3H3. The van der Waals surface area contributed by atoms with E-state index in [1.165, 1.54) is 17.4 Å². The molecule has 0 fully saturated rings. The van der Waals surface area contributed by atoms with Crippen LogP contribution in [0.5, 0.6) is 5.75 Å². The molecule has 0 heterocycles. The first kappa shape index (κ1) is 16.6. The molecule has 0 saturated carbocycles. The van der Waals surface area contributed by atoms with Crippen molar-refractivity contribution in [2.24, 2.45) is 0 Å². The van der Waals surface area contributed by atoms with Gasteiger partial charge in [-0.05, 0) is 54.7 Å². The summed E-state index contributed by atoms with van der Waals surface area (Å²) in [6.07, 6.45) is 1.76. The first-order valence-corrected chi connectivity index (χ1v) is 9.40. The molecular formula is C18H22O3S. The summed E-state index contributed by atoms with van der Waals surface area (Å²) in [5, 5.41) is 0. The highest BCUT2D eigenvalue weighted by Crippen LogP contribution is 2.30. The molecule has 0 bridgehead atoms. The maximum Gasteiger partial charge on any atom is 0.147 e. The van der Waals surface area contributed by atoms with Gasteiger partial charge in [0.2, 0.25) is 0 Å². The Hall–Kier alpha value is -1.81. The average molecular weight is 318 g/mol. The summed E-state index contributed by atoms with van der Waals surface area (Å²) in [7, 11) is -2.92. The molecule has 22 heavy (non-hydrogen) atoms. The van der Waals surface area contributed by atoms with Crippen molar-refractivity contribution < 1.29 is 13.2 Å². The van der Waals surface area contributed by atoms with Crippen molar-refractivity contribution in [3.8, 4) is 16.9 Å². The van der Waals surface area contributed by atoms with E-state index in [9.17, 15) is 8.42 Å². The maximum atomic E-state index is 11.1. The molecule has 0 saturated heterocycles. The van der Waals surface area contributed by atoms with Crippen molar-refractivity contribution in [1.29, 1.82) is 0 Å². The fraction of sp³-hybridized carbons (Fsp3) is 0.333. The van der Waals surface area contributed by atoms with Crippen LogP contribution in [-0.2, 0) is 9.84 Å². The summed E-state index contributed by atoms with van der Waals surface area (Å²) in [6, 6.07) is 14.3. The molecule has 2 aromatic carbocycles. The van der Waals surface area contributed by atoms with Crippen LogP contribution < -0.4 is 4.74 Å². The molecule has 0 aliphatic carbocycles. The second-order valence-corrected chi connectivity index (χ2v) is 7.89. The Morgan fingerprint density at radius 3 is 2.14 bits per heavy atom. The zero-order valence-corrected chi connectivity index (χ0v) is 14.1. The van der Waals surface area contributed by atoms with Gasteiger partial charge in [-0.2, -0.15) is 0 Å². The number of sulfone groups is 1. The number of hydrogen-bond acceptors (Lipinski definition) is 3. The first-order valence-electron chi connectivity index (χ1n) is 7.34. The molecular weight excluding hydrogens is 296 g/mol. The highest BCUT2D eigenvalue weighted by atomic mass is 32.2. The molecule has 0 amide bonds. The number of benzene rings is 2. The van der Waals surface area contributed by atoms with Crippen LogP contribution in [-0.4, -0.2) is 27.0 Å². The molecule has 0 radical (unpaired) electrons. The van der Waals surface area contributed by atoms with E-state index in [1.807, 2.05) is 30.3 Å². The highest BCUT2D eigenvalue weighted by Gasteiger charge is 2.08. The van der Waals surface area contributed by atoms with E-state index in [4.69, 9.17) is 4.74 Å². The smallest absolute Gasteiger partial charge is 0.147 e. The lowest BCUT2D eigenvalue weighted by atomic mass is 9.95. The third-order valence-corrected chi connectivity index (χ3v) is 4.53. The number of aryl methyl sites for hydroxylation is 2. The molecule has 3 nitrogen and oxygen atoms in total. The summed E-state index contributed by atoms with van der Waals surface area (Å²) in [6.45, 7) is 4.55. The summed E-state index contributed by atoms with van der Waals surface area (Å²) in [5.41, 5.74) is 4.74. The van der Waals surface area contributed by atoms with Gasteiger partial charge in [0, 0.05) is 6.26 Å². The van der Waals surface area contributed by atoms with Gasteiger partial charge in [-0.3, -0.25) is 0 Å². The molecule has 2 aromatic rings. The van der Waals surface area contributed by atoms with Crippen molar-refractivity contribution in [2.45, 2.75) is 20.3 Å². The Morgan fingerprint density at radius 1 is 1.00 bits per heavy atom.